The molecule has 1 fully saturated rings. The summed E-state index contributed by atoms with van der Waals surface area (Å²) in [6.45, 7) is 1.02. The molecule has 0 unspecified atom stereocenters. The fourth-order valence-corrected chi connectivity index (χ4v) is 4.58. The van der Waals surface area contributed by atoms with Gasteiger partial charge in [-0.25, -0.2) is 13.8 Å². The monoisotopic (exact) mass is 417 g/mol. The van der Waals surface area contributed by atoms with Crippen LogP contribution in [0, 0.1) is 0 Å². The molecule has 146 valence electrons. The molecule has 0 saturated carbocycles. The van der Waals surface area contributed by atoms with Gasteiger partial charge in [-0.1, -0.05) is 48.0 Å². The molecule has 0 aromatic heterocycles. The van der Waals surface area contributed by atoms with Gasteiger partial charge in [-0.3, -0.25) is 4.79 Å². The molecule has 8 heteroatoms. The third-order valence-electron chi connectivity index (χ3n) is 4.26. The summed E-state index contributed by atoms with van der Waals surface area (Å²) >= 11 is 6.08. The number of hydrazone groups is 1. The SMILES string of the molecule is O=C(N/N=C\C(Cl)=C\c1ccccc1)c1cccc(S(=O)(=O)N2CCCC2)c1. The van der Waals surface area contributed by atoms with Crippen molar-refractivity contribution in [3.05, 3.63) is 70.8 Å². The highest BCUT2D eigenvalue weighted by Crippen LogP contribution is 2.21. The molecule has 2 aromatic rings. The molecular weight excluding hydrogens is 398 g/mol. The van der Waals surface area contributed by atoms with E-state index in [1.165, 1.54) is 28.7 Å². The summed E-state index contributed by atoms with van der Waals surface area (Å²) in [5.41, 5.74) is 3.48. The molecule has 28 heavy (non-hydrogen) atoms. The Hall–Kier alpha value is -2.48. The zero-order valence-corrected chi connectivity index (χ0v) is 16.7. The molecule has 0 atom stereocenters. The number of rotatable bonds is 6. The Kier molecular flexibility index (Phi) is 6.61. The van der Waals surface area contributed by atoms with E-state index in [4.69, 9.17) is 11.6 Å². The van der Waals surface area contributed by atoms with Crippen LogP contribution in [-0.2, 0) is 10.0 Å². The van der Waals surface area contributed by atoms with Crippen LogP contribution in [0.4, 0.5) is 0 Å². The van der Waals surface area contributed by atoms with E-state index in [9.17, 15) is 13.2 Å². The predicted octanol–water partition coefficient (Wildman–Crippen LogP) is 3.47. The smallest absolute Gasteiger partial charge is 0.267 e. The quantitative estimate of drug-likeness (QED) is 0.577. The van der Waals surface area contributed by atoms with E-state index in [0.717, 1.165) is 18.4 Å². The lowest BCUT2D eigenvalue weighted by Crippen LogP contribution is -2.28. The number of hydrogen-bond donors (Lipinski definition) is 1. The molecule has 6 nitrogen and oxygen atoms in total. The van der Waals surface area contributed by atoms with Crippen molar-refractivity contribution in [2.75, 3.05) is 13.1 Å². The first kappa shape index (κ1) is 20.3. The van der Waals surface area contributed by atoms with Gasteiger partial charge in [0.25, 0.3) is 5.91 Å². The second-order valence-corrected chi connectivity index (χ2v) is 8.65. The van der Waals surface area contributed by atoms with Crippen LogP contribution >= 0.6 is 11.6 Å². The first-order valence-electron chi connectivity index (χ1n) is 8.83. The fourth-order valence-electron chi connectivity index (χ4n) is 2.84. The zero-order valence-electron chi connectivity index (χ0n) is 15.1. The summed E-state index contributed by atoms with van der Waals surface area (Å²) in [6.07, 6.45) is 4.73. The number of nitrogens with zero attached hydrogens (tertiary/aromatic N) is 2. The highest BCUT2D eigenvalue weighted by molar-refractivity contribution is 7.89. The maximum atomic E-state index is 12.6. The van der Waals surface area contributed by atoms with Crippen molar-refractivity contribution >= 4 is 39.8 Å². The molecule has 1 aliphatic rings. The number of carbonyl (C=O) groups is 1. The van der Waals surface area contributed by atoms with E-state index in [-0.39, 0.29) is 10.5 Å². The Bertz CT molecular complexity index is 998. The molecule has 2 aromatic carbocycles. The lowest BCUT2D eigenvalue weighted by molar-refractivity contribution is 0.0955. The average molecular weight is 418 g/mol. The van der Waals surface area contributed by atoms with Crippen LogP contribution in [0.25, 0.3) is 6.08 Å². The summed E-state index contributed by atoms with van der Waals surface area (Å²) in [5, 5.41) is 4.17. The number of carbonyl (C=O) groups excluding carboxylic acids is 1. The van der Waals surface area contributed by atoms with Gasteiger partial charge in [-0.05, 0) is 42.7 Å². The van der Waals surface area contributed by atoms with Crippen molar-refractivity contribution in [1.29, 1.82) is 0 Å². The summed E-state index contributed by atoms with van der Waals surface area (Å²) in [6, 6.07) is 15.4. The van der Waals surface area contributed by atoms with E-state index >= 15 is 0 Å². The molecule has 1 amide bonds. The predicted molar refractivity (Wildman–Crippen MR) is 111 cm³/mol. The van der Waals surface area contributed by atoms with Gasteiger partial charge in [0.1, 0.15) is 0 Å². The molecule has 1 N–H and O–H groups in total. The summed E-state index contributed by atoms with van der Waals surface area (Å²) in [5.74, 6) is -0.515. The van der Waals surface area contributed by atoms with Gasteiger partial charge in [0, 0.05) is 18.7 Å². The number of allylic oxidation sites excluding steroid dienone is 1. The largest absolute Gasteiger partial charge is 0.271 e. The molecule has 0 bridgehead atoms. The molecule has 1 aliphatic heterocycles. The van der Waals surface area contributed by atoms with E-state index in [0.29, 0.717) is 18.1 Å². The Morgan fingerprint density at radius 2 is 1.79 bits per heavy atom. The van der Waals surface area contributed by atoms with Gasteiger partial charge in [-0.2, -0.15) is 9.41 Å². The van der Waals surface area contributed by atoms with Crippen molar-refractivity contribution in [1.82, 2.24) is 9.73 Å². The number of nitrogens with one attached hydrogen (secondary N) is 1. The summed E-state index contributed by atoms with van der Waals surface area (Å²) in [4.78, 5) is 12.4. The van der Waals surface area contributed by atoms with Crippen molar-refractivity contribution < 1.29 is 13.2 Å². The van der Waals surface area contributed by atoms with Gasteiger partial charge in [0.05, 0.1) is 16.1 Å². The standard InChI is InChI=1S/C20H20ClN3O3S/c21-18(13-16-7-2-1-3-8-16)15-22-23-20(25)17-9-6-10-19(14-17)28(26,27)24-11-4-5-12-24/h1-3,6-10,13-15H,4-5,11-12H2,(H,23,25)/b18-13-,22-15-. The minimum atomic E-state index is -3.58. The first-order chi connectivity index (χ1) is 13.5. The lowest BCUT2D eigenvalue weighted by atomic mass is 10.2. The average Bonchev–Trinajstić information content (AvgIpc) is 3.24. The van der Waals surface area contributed by atoms with Crippen molar-refractivity contribution in [2.24, 2.45) is 5.10 Å². The maximum Gasteiger partial charge on any atom is 0.271 e. The Morgan fingerprint density at radius 3 is 2.50 bits per heavy atom. The molecule has 0 spiro atoms. The van der Waals surface area contributed by atoms with Crippen LogP contribution in [0.2, 0.25) is 0 Å². The molecule has 3 rings (SSSR count). The van der Waals surface area contributed by atoms with Crippen molar-refractivity contribution in [3.63, 3.8) is 0 Å². The number of benzene rings is 2. The fraction of sp³-hybridized carbons (Fsp3) is 0.200. The third-order valence-corrected chi connectivity index (χ3v) is 6.36. The first-order valence-corrected chi connectivity index (χ1v) is 10.6. The van der Waals surface area contributed by atoms with E-state index in [2.05, 4.69) is 10.5 Å². The van der Waals surface area contributed by atoms with E-state index < -0.39 is 15.9 Å². The van der Waals surface area contributed by atoms with Crippen LogP contribution in [0.5, 0.6) is 0 Å². The number of sulfonamides is 1. The second-order valence-electron chi connectivity index (χ2n) is 6.28. The highest BCUT2D eigenvalue weighted by atomic mass is 35.5. The van der Waals surface area contributed by atoms with E-state index in [1.54, 1.807) is 12.1 Å². The maximum absolute atomic E-state index is 12.6. The molecule has 1 heterocycles. The number of amides is 1. The van der Waals surface area contributed by atoms with Gasteiger partial charge >= 0.3 is 0 Å². The molecule has 0 radical (unpaired) electrons. The van der Waals surface area contributed by atoms with Gasteiger partial charge in [-0.15, -0.1) is 0 Å². The topological polar surface area (TPSA) is 78.8 Å². The van der Waals surface area contributed by atoms with Gasteiger partial charge in [0.15, 0.2) is 0 Å². The van der Waals surface area contributed by atoms with Crippen molar-refractivity contribution in [3.8, 4) is 0 Å². The number of halogens is 1. The number of hydrogen-bond acceptors (Lipinski definition) is 4. The van der Waals surface area contributed by atoms with Crippen LogP contribution in [0.1, 0.15) is 28.8 Å². The second kappa shape index (κ2) is 9.14. The molecular formula is C20H20ClN3O3S. The minimum absolute atomic E-state index is 0.105. The zero-order chi connectivity index (χ0) is 20.0. The van der Waals surface area contributed by atoms with Crippen LogP contribution in [-0.4, -0.2) is 37.9 Å². The van der Waals surface area contributed by atoms with Crippen LogP contribution < -0.4 is 5.43 Å². The normalized spacial score (nSPS) is 15.8. The molecule has 0 aliphatic carbocycles. The minimum Gasteiger partial charge on any atom is -0.267 e. The van der Waals surface area contributed by atoms with E-state index in [1.807, 2.05) is 30.3 Å². The summed E-state index contributed by atoms with van der Waals surface area (Å²) in [7, 11) is -3.58. The van der Waals surface area contributed by atoms with Crippen LogP contribution in [0.15, 0.2) is 69.6 Å². The highest BCUT2D eigenvalue weighted by Gasteiger charge is 2.27. The summed E-state index contributed by atoms with van der Waals surface area (Å²) < 4.78 is 26.7. The Labute approximate surface area is 169 Å². The Morgan fingerprint density at radius 1 is 1.07 bits per heavy atom. The van der Waals surface area contributed by atoms with Gasteiger partial charge < -0.3 is 0 Å². The molecule has 1 saturated heterocycles. The lowest BCUT2D eigenvalue weighted by Gasteiger charge is -2.15. The van der Waals surface area contributed by atoms with Gasteiger partial charge in [0.2, 0.25) is 10.0 Å². The van der Waals surface area contributed by atoms with Crippen LogP contribution in [0.3, 0.4) is 0 Å². The Balaban J connectivity index is 1.67. The third kappa shape index (κ3) is 5.07. The van der Waals surface area contributed by atoms with Crippen molar-refractivity contribution in [2.45, 2.75) is 17.7 Å².